The van der Waals surface area contributed by atoms with Crippen molar-refractivity contribution in [1.29, 1.82) is 0 Å². The average molecular weight is 327 g/mol. The van der Waals surface area contributed by atoms with E-state index in [1.54, 1.807) is 0 Å². The van der Waals surface area contributed by atoms with Gasteiger partial charge in [0.1, 0.15) is 11.0 Å². The number of nitrogens with one attached hydrogen (secondary N) is 1. The monoisotopic (exact) mass is 327 g/mol. The van der Waals surface area contributed by atoms with Crippen LogP contribution in [0.1, 0.15) is 0 Å². The smallest absolute Gasteiger partial charge is 0.120 e. The maximum absolute atomic E-state index is 5.66. The fourth-order valence-corrected chi connectivity index (χ4v) is 2.86. The van der Waals surface area contributed by atoms with E-state index in [2.05, 4.69) is 33.6 Å². The summed E-state index contributed by atoms with van der Waals surface area (Å²) in [7, 11) is 0. The van der Waals surface area contributed by atoms with E-state index in [-0.39, 0.29) is 0 Å². The van der Waals surface area contributed by atoms with Crippen LogP contribution in [0.3, 0.4) is 0 Å². The second-order valence-corrected chi connectivity index (χ2v) is 5.81. The van der Waals surface area contributed by atoms with Crippen LogP contribution in [0.2, 0.25) is 0 Å². The van der Waals surface area contributed by atoms with Crippen molar-refractivity contribution in [1.82, 2.24) is 15.4 Å². The maximum Gasteiger partial charge on any atom is 0.120 e. The first-order chi connectivity index (χ1) is 12.2. The molecule has 0 bridgehead atoms. The minimum atomic E-state index is 0.647. The molecule has 0 aliphatic rings. The molecule has 0 amide bonds. The van der Waals surface area contributed by atoms with Gasteiger partial charge in [-0.3, -0.25) is 0 Å². The van der Waals surface area contributed by atoms with Crippen LogP contribution in [0, 0.1) is 0 Å². The highest BCUT2D eigenvalue weighted by Crippen LogP contribution is 2.23. The highest BCUT2D eigenvalue weighted by Gasteiger charge is 2.01. The molecule has 0 saturated heterocycles. The fourth-order valence-electron chi connectivity index (χ4n) is 2.86. The first-order valence-corrected chi connectivity index (χ1v) is 7.94. The van der Waals surface area contributed by atoms with Gasteiger partial charge in [-0.15, -0.1) is 0 Å². The largest absolute Gasteiger partial charge is 0.397 e. The van der Waals surface area contributed by atoms with E-state index in [0.717, 1.165) is 27.2 Å². The van der Waals surface area contributed by atoms with E-state index in [1.165, 1.54) is 5.39 Å². The highest BCUT2D eigenvalue weighted by atomic mass is 15.3. The Balaban J connectivity index is 0.000000126. The molecule has 5 aromatic rings. The lowest BCUT2D eigenvalue weighted by atomic mass is 10.1. The quantitative estimate of drug-likeness (QED) is 0.373. The lowest BCUT2D eigenvalue weighted by molar-refractivity contribution is 0.960. The molecule has 1 heterocycles. The molecule has 0 fully saturated rings. The molecular formula is C20H17N5. The van der Waals surface area contributed by atoms with Gasteiger partial charge < -0.3 is 11.5 Å². The van der Waals surface area contributed by atoms with Gasteiger partial charge in [0.2, 0.25) is 0 Å². The van der Waals surface area contributed by atoms with Crippen LogP contribution in [-0.4, -0.2) is 15.4 Å². The van der Waals surface area contributed by atoms with E-state index in [1.807, 2.05) is 54.6 Å². The van der Waals surface area contributed by atoms with Crippen molar-refractivity contribution in [3.8, 4) is 0 Å². The van der Waals surface area contributed by atoms with Crippen LogP contribution in [0.5, 0.6) is 0 Å². The maximum atomic E-state index is 5.66. The van der Waals surface area contributed by atoms with E-state index in [0.29, 0.717) is 11.4 Å². The number of fused-ring (bicyclic) bond motifs is 4. The van der Waals surface area contributed by atoms with Crippen molar-refractivity contribution in [3.05, 3.63) is 72.8 Å². The minimum Gasteiger partial charge on any atom is -0.397 e. The van der Waals surface area contributed by atoms with Gasteiger partial charge in [-0.1, -0.05) is 54.6 Å². The summed E-state index contributed by atoms with van der Waals surface area (Å²) < 4.78 is 0. The Morgan fingerprint density at radius 2 is 1.24 bits per heavy atom. The standard InChI is InChI=1S/C10H7N3.C10H10N2/c1-2-4-8-7(3-1)5-6-9-10(8)12-13-11-9;11-9-5-7-3-1-2-4-8(7)6-10(9)12/h1-6H,(H,11,12,13);1-6H,11-12H2. The zero-order valence-electron chi connectivity index (χ0n) is 13.5. The van der Waals surface area contributed by atoms with E-state index >= 15 is 0 Å². The van der Waals surface area contributed by atoms with Gasteiger partial charge in [0.25, 0.3) is 0 Å². The third-order valence-corrected chi connectivity index (χ3v) is 4.16. The number of rotatable bonds is 0. The highest BCUT2D eigenvalue weighted by molar-refractivity contribution is 6.03. The number of H-pyrrole nitrogens is 1. The fraction of sp³-hybridized carbons (Fsp3) is 0. The molecule has 0 unspecified atom stereocenters. The molecule has 0 spiro atoms. The molecule has 0 radical (unpaired) electrons. The van der Waals surface area contributed by atoms with Crippen LogP contribution < -0.4 is 11.5 Å². The molecule has 122 valence electrons. The summed E-state index contributed by atoms with van der Waals surface area (Å²) >= 11 is 0. The number of benzene rings is 4. The van der Waals surface area contributed by atoms with Gasteiger partial charge in [0.05, 0.1) is 11.4 Å². The average Bonchev–Trinajstić information content (AvgIpc) is 3.12. The van der Waals surface area contributed by atoms with E-state index < -0.39 is 0 Å². The molecule has 0 saturated carbocycles. The predicted octanol–water partition coefficient (Wildman–Crippen LogP) is 4.12. The molecule has 0 atom stereocenters. The predicted molar refractivity (Wildman–Crippen MR) is 104 cm³/mol. The van der Waals surface area contributed by atoms with Crippen molar-refractivity contribution in [3.63, 3.8) is 0 Å². The second-order valence-electron chi connectivity index (χ2n) is 5.81. The summed E-state index contributed by atoms with van der Waals surface area (Å²) in [6, 6.07) is 24.0. The van der Waals surface area contributed by atoms with Crippen molar-refractivity contribution >= 4 is 44.0 Å². The number of nitrogen functional groups attached to an aromatic ring is 2. The number of anilines is 2. The third kappa shape index (κ3) is 2.83. The molecule has 5 heteroatoms. The van der Waals surface area contributed by atoms with E-state index in [9.17, 15) is 0 Å². The summed E-state index contributed by atoms with van der Waals surface area (Å²) in [5.41, 5.74) is 14.5. The van der Waals surface area contributed by atoms with Crippen molar-refractivity contribution < 1.29 is 0 Å². The Morgan fingerprint density at radius 1 is 0.640 bits per heavy atom. The normalized spacial score (nSPS) is 10.7. The first-order valence-electron chi connectivity index (χ1n) is 7.94. The van der Waals surface area contributed by atoms with Crippen LogP contribution in [0.15, 0.2) is 72.8 Å². The van der Waals surface area contributed by atoms with Gasteiger partial charge in [0.15, 0.2) is 0 Å². The summed E-state index contributed by atoms with van der Waals surface area (Å²) in [4.78, 5) is 0. The number of hydrogen-bond donors (Lipinski definition) is 3. The summed E-state index contributed by atoms with van der Waals surface area (Å²) in [6.07, 6.45) is 0. The topological polar surface area (TPSA) is 93.6 Å². The third-order valence-electron chi connectivity index (χ3n) is 4.16. The lowest BCUT2D eigenvalue weighted by Gasteiger charge is -2.02. The number of aromatic amines is 1. The summed E-state index contributed by atoms with van der Waals surface area (Å²) in [5.74, 6) is 0. The zero-order valence-corrected chi connectivity index (χ0v) is 13.5. The zero-order chi connectivity index (χ0) is 17.2. The van der Waals surface area contributed by atoms with Crippen LogP contribution >= 0.6 is 0 Å². The van der Waals surface area contributed by atoms with Gasteiger partial charge in [-0.25, -0.2) is 0 Å². The number of nitrogens with zero attached hydrogens (tertiary/aromatic N) is 2. The lowest BCUT2D eigenvalue weighted by Crippen LogP contribution is -1.93. The van der Waals surface area contributed by atoms with Crippen LogP contribution in [-0.2, 0) is 0 Å². The van der Waals surface area contributed by atoms with Crippen molar-refractivity contribution in [2.24, 2.45) is 0 Å². The van der Waals surface area contributed by atoms with Gasteiger partial charge in [-0.2, -0.15) is 15.4 Å². The molecule has 25 heavy (non-hydrogen) atoms. The first kappa shape index (κ1) is 15.0. The Bertz CT molecular complexity index is 1140. The van der Waals surface area contributed by atoms with Gasteiger partial charge in [0, 0.05) is 5.39 Å². The number of nitrogens with two attached hydrogens (primary N) is 2. The van der Waals surface area contributed by atoms with E-state index in [4.69, 9.17) is 11.5 Å². The summed E-state index contributed by atoms with van der Waals surface area (Å²) in [6.45, 7) is 0. The van der Waals surface area contributed by atoms with Crippen LogP contribution in [0.25, 0.3) is 32.6 Å². The number of aromatic nitrogens is 3. The Hall–Kier alpha value is -3.60. The Labute approximate surface area is 144 Å². The molecule has 5 rings (SSSR count). The van der Waals surface area contributed by atoms with Gasteiger partial charge in [-0.05, 0) is 34.4 Å². The second kappa shape index (κ2) is 6.13. The minimum absolute atomic E-state index is 0.647. The molecule has 0 aliphatic carbocycles. The van der Waals surface area contributed by atoms with Crippen molar-refractivity contribution in [2.75, 3.05) is 11.5 Å². The molecule has 1 aromatic heterocycles. The SMILES string of the molecule is Nc1cc2ccccc2cc1N.c1ccc2c(c1)ccc1n[nH]nc12. The molecule has 5 nitrogen and oxygen atoms in total. The van der Waals surface area contributed by atoms with Crippen molar-refractivity contribution in [2.45, 2.75) is 0 Å². The molecular weight excluding hydrogens is 310 g/mol. The Morgan fingerprint density at radius 3 is 1.92 bits per heavy atom. The summed E-state index contributed by atoms with van der Waals surface area (Å²) in [5, 5.41) is 15.4. The molecule has 4 aromatic carbocycles. The van der Waals surface area contributed by atoms with Gasteiger partial charge >= 0.3 is 0 Å². The molecule has 0 aliphatic heterocycles. The van der Waals surface area contributed by atoms with Crippen LogP contribution in [0.4, 0.5) is 11.4 Å². The molecule has 5 N–H and O–H groups in total. The Kier molecular flexibility index (Phi) is 3.67. The number of hydrogen-bond acceptors (Lipinski definition) is 4.